The highest BCUT2D eigenvalue weighted by Crippen LogP contribution is 2.37. The van der Waals surface area contributed by atoms with E-state index in [4.69, 9.17) is 11.6 Å². The first-order valence-corrected chi connectivity index (χ1v) is 11.0. The molecular weight excluding hydrogens is 416 g/mol. The molecule has 1 aliphatic heterocycles. The molecule has 2 aliphatic rings. The van der Waals surface area contributed by atoms with Gasteiger partial charge in [0.2, 0.25) is 0 Å². The van der Waals surface area contributed by atoms with Gasteiger partial charge in [0.1, 0.15) is 10.8 Å². The molecule has 0 saturated heterocycles. The van der Waals surface area contributed by atoms with Crippen LogP contribution >= 0.6 is 22.9 Å². The van der Waals surface area contributed by atoms with Crippen molar-refractivity contribution in [2.75, 3.05) is 0 Å². The van der Waals surface area contributed by atoms with Gasteiger partial charge in [-0.15, -0.1) is 11.3 Å². The Balaban J connectivity index is 1.42. The van der Waals surface area contributed by atoms with Crippen molar-refractivity contribution in [1.82, 2.24) is 4.98 Å². The SMILES string of the molecule is O=C1N=C2CC(c3ccccc3)CC(=O)C2C=C1c1nc(-c2cccc(Cl)c2)cs1. The van der Waals surface area contributed by atoms with Crippen LogP contribution in [0.1, 0.15) is 29.3 Å². The van der Waals surface area contributed by atoms with Gasteiger partial charge in [0, 0.05) is 28.1 Å². The van der Waals surface area contributed by atoms with Crippen LogP contribution < -0.4 is 0 Å². The summed E-state index contributed by atoms with van der Waals surface area (Å²) in [5, 5.41) is 3.10. The zero-order valence-electron chi connectivity index (χ0n) is 15.9. The lowest BCUT2D eigenvalue weighted by Gasteiger charge is -2.29. The number of rotatable bonds is 3. The molecule has 4 nitrogen and oxygen atoms in total. The molecule has 1 saturated carbocycles. The van der Waals surface area contributed by atoms with E-state index in [0.717, 1.165) is 16.8 Å². The van der Waals surface area contributed by atoms with Crippen molar-refractivity contribution in [3.8, 4) is 11.3 Å². The Kier molecular flexibility index (Phi) is 4.93. The molecule has 30 heavy (non-hydrogen) atoms. The fourth-order valence-electron chi connectivity index (χ4n) is 4.04. The molecule has 2 heterocycles. The lowest BCUT2D eigenvalue weighted by Crippen LogP contribution is -2.34. The van der Waals surface area contributed by atoms with Crippen LogP contribution in [0.3, 0.4) is 0 Å². The predicted octanol–water partition coefficient (Wildman–Crippen LogP) is 5.59. The average Bonchev–Trinajstić information content (AvgIpc) is 3.24. The summed E-state index contributed by atoms with van der Waals surface area (Å²) in [5.74, 6) is -0.581. The summed E-state index contributed by atoms with van der Waals surface area (Å²) < 4.78 is 0. The monoisotopic (exact) mass is 432 g/mol. The fraction of sp³-hybridized carbons (Fsp3) is 0.167. The number of carbonyl (C=O) groups excluding carboxylic acids is 2. The highest BCUT2D eigenvalue weighted by molar-refractivity contribution is 7.11. The molecular formula is C24H17ClN2O2S. The minimum Gasteiger partial charge on any atom is -0.299 e. The lowest BCUT2D eigenvalue weighted by atomic mass is 9.75. The van der Waals surface area contributed by atoms with Gasteiger partial charge in [-0.1, -0.05) is 60.1 Å². The molecule has 1 fully saturated rings. The Morgan fingerprint density at radius 3 is 2.63 bits per heavy atom. The number of aliphatic imine (C=N–C) groups is 1. The fourth-order valence-corrected chi connectivity index (χ4v) is 5.08. The van der Waals surface area contributed by atoms with Gasteiger partial charge in [0.05, 0.1) is 17.2 Å². The number of hydrogen-bond acceptors (Lipinski definition) is 4. The number of benzene rings is 2. The molecule has 6 heteroatoms. The zero-order valence-corrected chi connectivity index (χ0v) is 17.5. The van der Waals surface area contributed by atoms with E-state index in [-0.39, 0.29) is 17.6 Å². The number of ketones is 1. The van der Waals surface area contributed by atoms with E-state index in [2.05, 4.69) is 9.98 Å². The van der Waals surface area contributed by atoms with Gasteiger partial charge in [-0.3, -0.25) is 9.59 Å². The zero-order chi connectivity index (χ0) is 20.7. The number of aromatic nitrogens is 1. The van der Waals surface area contributed by atoms with Crippen LogP contribution in [0.5, 0.6) is 0 Å². The second-order valence-corrected chi connectivity index (χ2v) is 8.79. The van der Waals surface area contributed by atoms with Crippen LogP contribution in [0, 0.1) is 5.92 Å². The topological polar surface area (TPSA) is 59.4 Å². The Morgan fingerprint density at radius 2 is 1.83 bits per heavy atom. The van der Waals surface area contributed by atoms with Gasteiger partial charge < -0.3 is 0 Å². The standard InChI is InChI=1S/C24H17ClN2O2S/c25-17-8-4-7-15(9-17)21-13-30-24(27-21)19-12-18-20(26-23(19)29)10-16(11-22(18)28)14-5-2-1-3-6-14/h1-9,12-13,16,18H,10-11H2. The molecule has 5 rings (SSSR count). The van der Waals surface area contributed by atoms with E-state index in [9.17, 15) is 9.59 Å². The third kappa shape index (κ3) is 3.55. The Hall–Kier alpha value is -2.89. The number of halogens is 1. The van der Waals surface area contributed by atoms with Crippen molar-refractivity contribution in [3.63, 3.8) is 0 Å². The van der Waals surface area contributed by atoms with Gasteiger partial charge in [-0.05, 0) is 30.0 Å². The molecule has 2 aromatic carbocycles. The summed E-state index contributed by atoms with van der Waals surface area (Å²) in [6, 6.07) is 17.4. The highest BCUT2D eigenvalue weighted by Gasteiger charge is 2.37. The number of fused-ring (bicyclic) bond motifs is 1. The molecule has 2 unspecified atom stereocenters. The summed E-state index contributed by atoms with van der Waals surface area (Å²) >= 11 is 7.45. The van der Waals surface area contributed by atoms with Crippen molar-refractivity contribution >= 4 is 45.9 Å². The molecule has 3 aromatic rings. The first-order valence-electron chi connectivity index (χ1n) is 9.71. The van der Waals surface area contributed by atoms with E-state index in [1.807, 2.05) is 53.9 Å². The van der Waals surface area contributed by atoms with Crippen molar-refractivity contribution < 1.29 is 9.59 Å². The molecule has 2 atom stereocenters. The Bertz CT molecular complexity index is 1210. The number of carbonyl (C=O) groups is 2. The maximum atomic E-state index is 12.9. The van der Waals surface area contributed by atoms with E-state index in [1.165, 1.54) is 11.3 Å². The summed E-state index contributed by atoms with van der Waals surface area (Å²) in [6.45, 7) is 0. The maximum Gasteiger partial charge on any atom is 0.279 e. The summed E-state index contributed by atoms with van der Waals surface area (Å²) in [6.07, 6.45) is 2.84. The second kappa shape index (κ2) is 7.74. The van der Waals surface area contributed by atoms with E-state index >= 15 is 0 Å². The number of Topliss-reactive ketones (excluding diaryl/α,β-unsaturated/α-hetero) is 1. The number of dihydropyridines is 1. The van der Waals surface area contributed by atoms with Gasteiger partial charge in [0.15, 0.2) is 0 Å². The molecule has 1 aliphatic carbocycles. The van der Waals surface area contributed by atoms with Crippen molar-refractivity contribution in [2.45, 2.75) is 18.8 Å². The van der Waals surface area contributed by atoms with Gasteiger partial charge in [-0.25, -0.2) is 9.98 Å². The first-order chi connectivity index (χ1) is 14.6. The van der Waals surface area contributed by atoms with Gasteiger partial charge >= 0.3 is 0 Å². The Morgan fingerprint density at radius 1 is 1.00 bits per heavy atom. The lowest BCUT2D eigenvalue weighted by molar-refractivity contribution is -0.120. The van der Waals surface area contributed by atoms with Crippen LogP contribution in [0.4, 0.5) is 0 Å². The molecule has 0 spiro atoms. The summed E-state index contributed by atoms with van der Waals surface area (Å²) in [7, 11) is 0. The van der Waals surface area contributed by atoms with Crippen molar-refractivity contribution in [3.05, 3.63) is 81.6 Å². The quantitative estimate of drug-likeness (QED) is 0.542. The summed E-state index contributed by atoms with van der Waals surface area (Å²) in [5.41, 5.74) is 3.83. The molecule has 0 radical (unpaired) electrons. The molecule has 0 N–H and O–H groups in total. The minimum absolute atomic E-state index is 0.0748. The van der Waals surface area contributed by atoms with Crippen LogP contribution in [-0.4, -0.2) is 22.4 Å². The maximum absolute atomic E-state index is 12.9. The third-order valence-corrected chi connectivity index (χ3v) is 6.65. The van der Waals surface area contributed by atoms with Gasteiger partial charge in [0.25, 0.3) is 5.91 Å². The highest BCUT2D eigenvalue weighted by atomic mass is 35.5. The summed E-state index contributed by atoms with van der Waals surface area (Å²) in [4.78, 5) is 34.6. The normalized spacial score (nSPS) is 21.1. The molecule has 148 valence electrons. The number of amides is 1. The van der Waals surface area contributed by atoms with Crippen molar-refractivity contribution in [2.24, 2.45) is 10.9 Å². The van der Waals surface area contributed by atoms with Crippen LogP contribution in [0.15, 0.2) is 71.0 Å². The van der Waals surface area contributed by atoms with Crippen LogP contribution in [-0.2, 0) is 9.59 Å². The molecule has 0 bridgehead atoms. The third-order valence-electron chi connectivity index (χ3n) is 5.54. The number of thiazole rings is 1. The molecule has 1 amide bonds. The number of hydrogen-bond donors (Lipinski definition) is 0. The van der Waals surface area contributed by atoms with E-state index in [0.29, 0.717) is 34.2 Å². The van der Waals surface area contributed by atoms with Crippen molar-refractivity contribution in [1.29, 1.82) is 0 Å². The largest absolute Gasteiger partial charge is 0.299 e. The average molecular weight is 433 g/mol. The Labute approximate surface area is 183 Å². The minimum atomic E-state index is -0.434. The second-order valence-electron chi connectivity index (χ2n) is 7.50. The molecule has 1 aromatic heterocycles. The van der Waals surface area contributed by atoms with Gasteiger partial charge in [-0.2, -0.15) is 0 Å². The smallest absolute Gasteiger partial charge is 0.279 e. The predicted molar refractivity (Wildman–Crippen MR) is 120 cm³/mol. The van der Waals surface area contributed by atoms with E-state index < -0.39 is 5.92 Å². The van der Waals surface area contributed by atoms with Crippen LogP contribution in [0.25, 0.3) is 16.8 Å². The van der Waals surface area contributed by atoms with E-state index in [1.54, 1.807) is 12.1 Å². The number of nitrogens with zero attached hydrogens (tertiary/aromatic N) is 2. The number of allylic oxidation sites excluding steroid dienone is 1. The van der Waals surface area contributed by atoms with Crippen LogP contribution in [0.2, 0.25) is 5.02 Å². The first kappa shape index (κ1) is 19.1.